The van der Waals surface area contributed by atoms with Gasteiger partial charge in [0.05, 0.1) is 18.8 Å². The monoisotopic (exact) mass is 281 g/mol. The largest absolute Gasteiger partial charge is 0.394 e. The Hall–Kier alpha value is -2.01. The molecule has 20 heavy (non-hydrogen) atoms. The van der Waals surface area contributed by atoms with Crippen LogP contribution >= 0.6 is 0 Å². The number of ether oxygens (including phenoxy) is 1. The van der Waals surface area contributed by atoms with Gasteiger partial charge in [-0.3, -0.25) is 0 Å². The summed E-state index contributed by atoms with van der Waals surface area (Å²) in [5.41, 5.74) is 17.6. The van der Waals surface area contributed by atoms with Crippen LogP contribution in [0.2, 0.25) is 0 Å². The van der Waals surface area contributed by atoms with E-state index in [9.17, 15) is 5.11 Å². The van der Waals surface area contributed by atoms with Gasteiger partial charge in [-0.05, 0) is 0 Å². The first-order chi connectivity index (χ1) is 9.51. The standard InChI is InChI=1S/C10H15N7O3/c11-3-2(1-18)20-6(5(3)19)9-14-4-7(12)15-10(13)17-8(4)16-9/h2-3,5-6,18-19H,1,11H2,(H5,12,13,14,15,16,17)/t2-,3-,5-,6-/m1/s1. The second kappa shape index (κ2) is 4.52. The summed E-state index contributed by atoms with van der Waals surface area (Å²) in [6.45, 7) is -0.288. The summed E-state index contributed by atoms with van der Waals surface area (Å²) >= 11 is 0. The Morgan fingerprint density at radius 2 is 2.00 bits per heavy atom. The van der Waals surface area contributed by atoms with Crippen molar-refractivity contribution in [3.8, 4) is 0 Å². The fourth-order valence-electron chi connectivity index (χ4n) is 2.26. The van der Waals surface area contributed by atoms with Crippen LogP contribution in [0, 0.1) is 0 Å². The molecule has 0 spiro atoms. The Kier molecular flexibility index (Phi) is 2.94. The molecule has 0 aliphatic carbocycles. The van der Waals surface area contributed by atoms with Crippen LogP contribution in [0.15, 0.2) is 0 Å². The number of imidazole rings is 1. The van der Waals surface area contributed by atoms with Crippen molar-refractivity contribution in [2.24, 2.45) is 5.73 Å². The van der Waals surface area contributed by atoms with Crippen molar-refractivity contribution in [1.82, 2.24) is 19.9 Å². The Morgan fingerprint density at radius 1 is 1.25 bits per heavy atom. The van der Waals surface area contributed by atoms with Crippen LogP contribution < -0.4 is 17.2 Å². The van der Waals surface area contributed by atoms with Crippen molar-refractivity contribution < 1.29 is 14.9 Å². The lowest BCUT2D eigenvalue weighted by molar-refractivity contribution is -0.0151. The molecule has 1 saturated heterocycles. The maximum absolute atomic E-state index is 10.0. The van der Waals surface area contributed by atoms with Gasteiger partial charge in [0, 0.05) is 0 Å². The molecule has 108 valence electrons. The number of hydrogen-bond donors (Lipinski definition) is 6. The molecule has 10 heteroatoms. The van der Waals surface area contributed by atoms with E-state index >= 15 is 0 Å². The van der Waals surface area contributed by atoms with E-state index in [0.717, 1.165) is 0 Å². The summed E-state index contributed by atoms with van der Waals surface area (Å²) in [5, 5.41) is 19.2. The molecule has 3 heterocycles. The first kappa shape index (κ1) is 13.0. The molecule has 0 bridgehead atoms. The van der Waals surface area contributed by atoms with Gasteiger partial charge < -0.3 is 37.1 Å². The van der Waals surface area contributed by atoms with Gasteiger partial charge in [-0.2, -0.15) is 9.97 Å². The highest BCUT2D eigenvalue weighted by Gasteiger charge is 2.43. The van der Waals surface area contributed by atoms with E-state index in [1.165, 1.54) is 0 Å². The van der Waals surface area contributed by atoms with E-state index in [1.54, 1.807) is 0 Å². The third-order valence-corrected chi connectivity index (χ3v) is 3.31. The van der Waals surface area contributed by atoms with Crippen molar-refractivity contribution in [3.63, 3.8) is 0 Å². The molecule has 4 atom stereocenters. The van der Waals surface area contributed by atoms with E-state index in [1.807, 2.05) is 0 Å². The van der Waals surface area contributed by atoms with Gasteiger partial charge in [0.25, 0.3) is 0 Å². The molecule has 0 aromatic carbocycles. The molecular weight excluding hydrogens is 266 g/mol. The molecule has 9 N–H and O–H groups in total. The highest BCUT2D eigenvalue weighted by atomic mass is 16.5. The SMILES string of the molecule is Nc1nc(N)c2nc([C@@H]3O[C@H](CO)[C@@H](N)[C@H]3O)[nH]c2n1. The fourth-order valence-corrected chi connectivity index (χ4v) is 2.26. The number of aromatic nitrogens is 4. The quantitative estimate of drug-likeness (QED) is 0.350. The Morgan fingerprint density at radius 3 is 2.65 bits per heavy atom. The third kappa shape index (κ3) is 1.86. The predicted molar refractivity (Wildman–Crippen MR) is 69.2 cm³/mol. The summed E-state index contributed by atoms with van der Waals surface area (Å²) < 4.78 is 5.48. The number of aliphatic hydroxyl groups is 2. The molecule has 0 unspecified atom stereocenters. The zero-order chi connectivity index (χ0) is 14.4. The number of nitrogens with zero attached hydrogens (tertiary/aromatic N) is 3. The van der Waals surface area contributed by atoms with E-state index in [2.05, 4.69) is 19.9 Å². The maximum atomic E-state index is 10.0. The van der Waals surface area contributed by atoms with Gasteiger partial charge in [-0.15, -0.1) is 0 Å². The number of H-pyrrole nitrogens is 1. The van der Waals surface area contributed by atoms with E-state index in [0.29, 0.717) is 17.0 Å². The van der Waals surface area contributed by atoms with Gasteiger partial charge in [0.15, 0.2) is 17.0 Å². The van der Waals surface area contributed by atoms with Gasteiger partial charge in [0.2, 0.25) is 5.95 Å². The topological polar surface area (TPSA) is 182 Å². The number of anilines is 2. The van der Waals surface area contributed by atoms with E-state index < -0.39 is 24.4 Å². The Bertz CT molecular complexity index is 645. The number of aromatic amines is 1. The minimum Gasteiger partial charge on any atom is -0.394 e. The van der Waals surface area contributed by atoms with Crippen molar-refractivity contribution in [3.05, 3.63) is 5.82 Å². The number of nitrogen functional groups attached to an aromatic ring is 2. The molecule has 0 radical (unpaired) electrons. The number of fused-ring (bicyclic) bond motifs is 1. The lowest BCUT2D eigenvalue weighted by Crippen LogP contribution is -2.40. The molecule has 3 rings (SSSR count). The summed E-state index contributed by atoms with van der Waals surface area (Å²) in [7, 11) is 0. The number of hydrogen-bond acceptors (Lipinski definition) is 9. The normalized spacial score (nSPS) is 30.1. The molecule has 0 saturated carbocycles. The van der Waals surface area contributed by atoms with Crippen molar-refractivity contribution in [1.29, 1.82) is 0 Å². The summed E-state index contributed by atoms with van der Waals surface area (Å²) in [5.74, 6) is 0.457. The lowest BCUT2D eigenvalue weighted by Gasteiger charge is -2.12. The van der Waals surface area contributed by atoms with Gasteiger partial charge >= 0.3 is 0 Å². The number of nitrogens with two attached hydrogens (primary N) is 3. The average molecular weight is 281 g/mol. The van der Waals surface area contributed by atoms with Crippen LogP contribution in [0.5, 0.6) is 0 Å². The van der Waals surface area contributed by atoms with Gasteiger partial charge in [-0.25, -0.2) is 4.98 Å². The average Bonchev–Trinajstić information content (AvgIpc) is 2.93. The third-order valence-electron chi connectivity index (χ3n) is 3.31. The molecule has 1 fully saturated rings. The lowest BCUT2D eigenvalue weighted by atomic mass is 10.1. The maximum Gasteiger partial charge on any atom is 0.224 e. The summed E-state index contributed by atoms with van der Waals surface area (Å²) in [6.07, 6.45) is -2.45. The summed E-state index contributed by atoms with van der Waals surface area (Å²) in [4.78, 5) is 14.8. The van der Waals surface area contributed by atoms with Crippen LogP contribution in [-0.4, -0.2) is 55.0 Å². The van der Waals surface area contributed by atoms with Crippen LogP contribution in [0.1, 0.15) is 11.9 Å². The summed E-state index contributed by atoms with van der Waals surface area (Å²) in [6, 6.07) is -0.702. The highest BCUT2D eigenvalue weighted by Crippen LogP contribution is 2.32. The number of aliphatic hydroxyl groups excluding tert-OH is 2. The molecule has 10 nitrogen and oxygen atoms in total. The second-order valence-electron chi connectivity index (χ2n) is 4.63. The van der Waals surface area contributed by atoms with Crippen molar-refractivity contribution in [2.45, 2.75) is 24.4 Å². The Labute approximate surface area is 113 Å². The first-order valence-corrected chi connectivity index (χ1v) is 6.00. The number of rotatable bonds is 2. The number of nitrogens with one attached hydrogen (secondary N) is 1. The zero-order valence-electron chi connectivity index (χ0n) is 10.4. The van der Waals surface area contributed by atoms with Crippen LogP contribution in [0.4, 0.5) is 11.8 Å². The smallest absolute Gasteiger partial charge is 0.224 e. The van der Waals surface area contributed by atoms with Crippen LogP contribution in [-0.2, 0) is 4.74 Å². The fraction of sp³-hybridized carbons (Fsp3) is 0.500. The Balaban J connectivity index is 2.01. The van der Waals surface area contributed by atoms with E-state index in [4.69, 9.17) is 27.0 Å². The molecule has 1 aliphatic heterocycles. The van der Waals surface area contributed by atoms with Crippen molar-refractivity contribution in [2.75, 3.05) is 18.1 Å². The van der Waals surface area contributed by atoms with Crippen LogP contribution in [0.25, 0.3) is 11.2 Å². The minimum atomic E-state index is -1.00. The van der Waals surface area contributed by atoms with Gasteiger partial charge in [0.1, 0.15) is 18.0 Å². The molecule has 1 aliphatic rings. The van der Waals surface area contributed by atoms with Gasteiger partial charge in [-0.1, -0.05) is 0 Å². The predicted octanol–water partition coefficient (Wildman–Crippen LogP) is -2.36. The molecule has 2 aromatic heterocycles. The molecule has 2 aromatic rings. The second-order valence-corrected chi connectivity index (χ2v) is 4.63. The molecule has 0 amide bonds. The van der Waals surface area contributed by atoms with Crippen LogP contribution in [0.3, 0.4) is 0 Å². The van der Waals surface area contributed by atoms with Crippen molar-refractivity contribution >= 4 is 22.9 Å². The zero-order valence-corrected chi connectivity index (χ0v) is 10.4. The molecular formula is C10H15N7O3. The highest BCUT2D eigenvalue weighted by molar-refractivity contribution is 5.82. The van der Waals surface area contributed by atoms with E-state index in [-0.39, 0.29) is 18.4 Å². The minimum absolute atomic E-state index is 0.0167. The first-order valence-electron chi connectivity index (χ1n) is 6.00.